The van der Waals surface area contributed by atoms with Gasteiger partial charge in [0.2, 0.25) is 0 Å². The lowest BCUT2D eigenvalue weighted by Gasteiger charge is -1.99. The second kappa shape index (κ2) is 5.40. The van der Waals surface area contributed by atoms with Crippen molar-refractivity contribution in [1.82, 2.24) is 14.8 Å². The normalized spacial score (nSPS) is 11.0. The van der Waals surface area contributed by atoms with E-state index in [0.29, 0.717) is 6.61 Å². The molecule has 19 heavy (non-hydrogen) atoms. The molecule has 0 atom stereocenters. The standard InChI is InChI=1S/C14H15N3OS/c1-2-7-17-9-11(8-15-17)18-10-14-16-12-5-3-4-6-13(12)19-14/h3-6,8-9H,2,7,10H2,1H3. The second-order valence-electron chi connectivity index (χ2n) is 4.30. The Morgan fingerprint density at radius 3 is 3.05 bits per heavy atom. The first-order chi connectivity index (χ1) is 9.35. The van der Waals surface area contributed by atoms with Gasteiger partial charge in [-0.05, 0) is 18.6 Å². The van der Waals surface area contributed by atoms with Crippen molar-refractivity contribution >= 4 is 21.6 Å². The summed E-state index contributed by atoms with van der Waals surface area (Å²) in [4.78, 5) is 4.54. The molecule has 0 unspecified atom stereocenters. The van der Waals surface area contributed by atoms with Gasteiger partial charge in [-0.1, -0.05) is 19.1 Å². The molecule has 0 N–H and O–H groups in total. The van der Waals surface area contributed by atoms with Crippen LogP contribution in [0.1, 0.15) is 18.4 Å². The number of benzene rings is 1. The molecular weight excluding hydrogens is 258 g/mol. The summed E-state index contributed by atoms with van der Waals surface area (Å²) in [5.74, 6) is 0.799. The number of thiazole rings is 1. The molecule has 2 aromatic heterocycles. The summed E-state index contributed by atoms with van der Waals surface area (Å²) in [6.07, 6.45) is 4.75. The van der Waals surface area contributed by atoms with E-state index in [9.17, 15) is 0 Å². The van der Waals surface area contributed by atoms with Crippen molar-refractivity contribution in [2.75, 3.05) is 0 Å². The van der Waals surface area contributed by atoms with E-state index in [1.165, 1.54) is 4.70 Å². The van der Waals surface area contributed by atoms with Gasteiger partial charge in [0, 0.05) is 6.54 Å². The van der Waals surface area contributed by atoms with Crippen molar-refractivity contribution in [2.24, 2.45) is 0 Å². The molecule has 0 bridgehead atoms. The Morgan fingerprint density at radius 2 is 2.21 bits per heavy atom. The van der Waals surface area contributed by atoms with Crippen molar-refractivity contribution in [3.63, 3.8) is 0 Å². The lowest BCUT2D eigenvalue weighted by Crippen LogP contribution is -1.96. The molecule has 0 saturated carbocycles. The van der Waals surface area contributed by atoms with Gasteiger partial charge in [-0.15, -0.1) is 11.3 Å². The summed E-state index contributed by atoms with van der Waals surface area (Å²) in [6, 6.07) is 8.13. The number of fused-ring (bicyclic) bond motifs is 1. The molecule has 3 rings (SSSR count). The zero-order valence-electron chi connectivity index (χ0n) is 10.7. The van der Waals surface area contributed by atoms with Crippen LogP contribution in [0.3, 0.4) is 0 Å². The number of nitrogens with zero attached hydrogens (tertiary/aromatic N) is 3. The summed E-state index contributed by atoms with van der Waals surface area (Å²) in [5, 5.41) is 5.23. The van der Waals surface area contributed by atoms with Crippen molar-refractivity contribution in [3.05, 3.63) is 41.7 Å². The predicted molar refractivity (Wildman–Crippen MR) is 76.5 cm³/mol. The highest BCUT2D eigenvalue weighted by Gasteiger charge is 2.05. The topological polar surface area (TPSA) is 39.9 Å². The molecule has 0 fully saturated rings. The zero-order chi connectivity index (χ0) is 13.1. The average molecular weight is 273 g/mol. The van der Waals surface area contributed by atoms with Gasteiger partial charge in [-0.2, -0.15) is 5.10 Å². The minimum Gasteiger partial charge on any atom is -0.483 e. The third-order valence-corrected chi connectivity index (χ3v) is 3.77. The van der Waals surface area contributed by atoms with E-state index < -0.39 is 0 Å². The van der Waals surface area contributed by atoms with Crippen LogP contribution in [-0.2, 0) is 13.2 Å². The number of rotatable bonds is 5. The van der Waals surface area contributed by atoms with Gasteiger partial charge >= 0.3 is 0 Å². The van der Waals surface area contributed by atoms with Crippen LogP contribution in [0.25, 0.3) is 10.2 Å². The fourth-order valence-electron chi connectivity index (χ4n) is 1.90. The molecule has 2 heterocycles. The lowest BCUT2D eigenvalue weighted by molar-refractivity contribution is 0.305. The highest BCUT2D eigenvalue weighted by Crippen LogP contribution is 2.22. The Hall–Kier alpha value is -1.88. The van der Waals surface area contributed by atoms with Gasteiger partial charge in [0.05, 0.1) is 22.6 Å². The highest BCUT2D eigenvalue weighted by atomic mass is 32.1. The molecular formula is C14H15N3OS. The molecule has 0 radical (unpaired) electrons. The van der Waals surface area contributed by atoms with E-state index in [-0.39, 0.29) is 0 Å². The SMILES string of the molecule is CCCn1cc(OCc2nc3ccccc3s2)cn1. The fourth-order valence-corrected chi connectivity index (χ4v) is 2.78. The van der Waals surface area contributed by atoms with Crippen LogP contribution in [0, 0.1) is 0 Å². The maximum atomic E-state index is 5.71. The van der Waals surface area contributed by atoms with E-state index in [1.807, 2.05) is 29.1 Å². The Morgan fingerprint density at radius 1 is 1.32 bits per heavy atom. The Bertz CT molecular complexity index is 641. The summed E-state index contributed by atoms with van der Waals surface area (Å²) in [5.41, 5.74) is 1.03. The van der Waals surface area contributed by atoms with E-state index >= 15 is 0 Å². The summed E-state index contributed by atoms with van der Waals surface area (Å²) in [6.45, 7) is 3.55. The van der Waals surface area contributed by atoms with Crippen molar-refractivity contribution in [3.8, 4) is 5.75 Å². The molecule has 1 aromatic carbocycles. The number of aromatic nitrogens is 3. The second-order valence-corrected chi connectivity index (χ2v) is 5.42. The number of hydrogen-bond donors (Lipinski definition) is 0. The molecule has 3 aromatic rings. The minimum absolute atomic E-state index is 0.497. The molecule has 0 saturated heterocycles. The molecule has 0 aliphatic carbocycles. The predicted octanol–water partition coefficient (Wildman–Crippen LogP) is 3.48. The Labute approximate surface area is 115 Å². The fraction of sp³-hybridized carbons (Fsp3) is 0.286. The first kappa shape index (κ1) is 12.2. The highest BCUT2D eigenvalue weighted by molar-refractivity contribution is 7.18. The van der Waals surface area contributed by atoms with Crippen LogP contribution in [0.4, 0.5) is 0 Å². The molecule has 0 aliphatic heterocycles. The van der Waals surface area contributed by atoms with Crippen molar-refractivity contribution in [1.29, 1.82) is 0 Å². The number of hydrogen-bond acceptors (Lipinski definition) is 4. The van der Waals surface area contributed by atoms with Gasteiger partial charge < -0.3 is 4.74 Å². The first-order valence-electron chi connectivity index (χ1n) is 6.35. The van der Waals surface area contributed by atoms with Gasteiger partial charge in [0.25, 0.3) is 0 Å². The minimum atomic E-state index is 0.497. The molecule has 98 valence electrons. The van der Waals surface area contributed by atoms with Crippen LogP contribution in [-0.4, -0.2) is 14.8 Å². The molecule has 5 heteroatoms. The van der Waals surface area contributed by atoms with Gasteiger partial charge in [-0.3, -0.25) is 4.68 Å². The van der Waals surface area contributed by atoms with Gasteiger partial charge in [0.15, 0.2) is 5.75 Å². The van der Waals surface area contributed by atoms with Crippen LogP contribution >= 0.6 is 11.3 Å². The van der Waals surface area contributed by atoms with Crippen molar-refractivity contribution in [2.45, 2.75) is 26.5 Å². The number of para-hydroxylation sites is 1. The molecule has 0 amide bonds. The Balaban J connectivity index is 1.67. The van der Waals surface area contributed by atoms with E-state index in [4.69, 9.17) is 4.74 Å². The first-order valence-corrected chi connectivity index (χ1v) is 7.16. The maximum Gasteiger partial charge on any atom is 0.157 e. The maximum absolute atomic E-state index is 5.71. The number of ether oxygens (including phenoxy) is 1. The molecule has 0 aliphatic rings. The monoisotopic (exact) mass is 273 g/mol. The third kappa shape index (κ3) is 2.76. The van der Waals surface area contributed by atoms with Gasteiger partial charge in [0.1, 0.15) is 11.6 Å². The largest absolute Gasteiger partial charge is 0.483 e. The molecule has 0 spiro atoms. The number of aryl methyl sites for hydroxylation is 1. The average Bonchev–Trinajstić information content (AvgIpc) is 3.02. The Kier molecular flexibility index (Phi) is 3.46. The summed E-state index contributed by atoms with van der Waals surface area (Å²) < 4.78 is 8.81. The smallest absolute Gasteiger partial charge is 0.157 e. The molecule has 4 nitrogen and oxygen atoms in total. The van der Waals surface area contributed by atoms with E-state index in [2.05, 4.69) is 23.1 Å². The van der Waals surface area contributed by atoms with Crippen LogP contribution in [0.5, 0.6) is 5.75 Å². The summed E-state index contributed by atoms with van der Waals surface area (Å²) in [7, 11) is 0. The van der Waals surface area contributed by atoms with E-state index in [0.717, 1.165) is 29.2 Å². The van der Waals surface area contributed by atoms with E-state index in [1.54, 1.807) is 17.5 Å². The van der Waals surface area contributed by atoms with Gasteiger partial charge in [-0.25, -0.2) is 4.98 Å². The van der Waals surface area contributed by atoms with Crippen molar-refractivity contribution < 1.29 is 4.74 Å². The summed E-state index contributed by atoms with van der Waals surface area (Å²) >= 11 is 1.67. The zero-order valence-corrected chi connectivity index (χ0v) is 11.6. The van der Waals surface area contributed by atoms with Crippen LogP contribution in [0.2, 0.25) is 0 Å². The van der Waals surface area contributed by atoms with Crippen LogP contribution in [0.15, 0.2) is 36.7 Å². The quantitative estimate of drug-likeness (QED) is 0.714. The lowest BCUT2D eigenvalue weighted by atomic mass is 10.3. The van der Waals surface area contributed by atoms with Crippen LogP contribution < -0.4 is 4.74 Å². The third-order valence-electron chi connectivity index (χ3n) is 2.76.